The third-order valence-corrected chi connectivity index (χ3v) is 8.90. The van der Waals surface area contributed by atoms with Crippen LogP contribution in [-0.2, 0) is 0 Å². The number of rotatable bonds is 7. The van der Waals surface area contributed by atoms with Crippen LogP contribution in [0.4, 0.5) is 5.82 Å². The van der Waals surface area contributed by atoms with Crippen LogP contribution in [0.5, 0.6) is 11.8 Å². The zero-order valence-corrected chi connectivity index (χ0v) is 24.1. The van der Waals surface area contributed by atoms with Gasteiger partial charge in [-0.1, -0.05) is 17.7 Å². The second-order valence-corrected chi connectivity index (χ2v) is 11.9. The molecule has 0 bridgehead atoms. The van der Waals surface area contributed by atoms with E-state index in [0.29, 0.717) is 29.4 Å². The highest BCUT2D eigenvalue weighted by molar-refractivity contribution is 6.35. The van der Waals surface area contributed by atoms with E-state index in [0.717, 1.165) is 89.8 Å². The minimum absolute atomic E-state index is 0.150. The Kier molecular flexibility index (Phi) is 6.68. The van der Waals surface area contributed by atoms with Crippen molar-refractivity contribution in [3.63, 3.8) is 0 Å². The molecule has 2 atom stereocenters. The van der Waals surface area contributed by atoms with Crippen molar-refractivity contribution in [2.24, 2.45) is 0 Å². The molecule has 4 aromatic rings. The van der Waals surface area contributed by atoms with Gasteiger partial charge in [-0.2, -0.15) is 15.1 Å². The molecule has 2 N–H and O–H groups in total. The summed E-state index contributed by atoms with van der Waals surface area (Å²) in [5, 5.41) is 13.4. The molecule has 10 heteroatoms. The van der Waals surface area contributed by atoms with E-state index in [4.69, 9.17) is 31.0 Å². The lowest BCUT2D eigenvalue weighted by Gasteiger charge is -2.35. The van der Waals surface area contributed by atoms with Crippen LogP contribution in [0.3, 0.4) is 0 Å². The van der Waals surface area contributed by atoms with Crippen LogP contribution in [0.1, 0.15) is 38.2 Å². The number of aromatic nitrogens is 4. The van der Waals surface area contributed by atoms with E-state index >= 15 is 0 Å². The maximum absolute atomic E-state index is 7.20. The number of halogens is 1. The molecule has 1 saturated carbocycles. The Morgan fingerprint density at radius 2 is 1.98 bits per heavy atom. The number of nitrogens with one attached hydrogen (secondary N) is 2. The van der Waals surface area contributed by atoms with Gasteiger partial charge in [-0.3, -0.25) is 5.10 Å². The fourth-order valence-electron chi connectivity index (χ4n) is 6.13. The molecule has 2 saturated heterocycles. The summed E-state index contributed by atoms with van der Waals surface area (Å²) in [4.78, 5) is 14.8. The number of anilines is 1. The number of nitrogens with zero attached hydrogens (tertiary/aromatic N) is 5. The minimum atomic E-state index is 0.150. The average Bonchev–Trinajstić information content (AvgIpc) is 3.47. The molecule has 0 radical (unpaired) electrons. The zero-order chi connectivity index (χ0) is 27.4. The largest absolute Gasteiger partial charge is 0.487 e. The first-order valence-corrected chi connectivity index (χ1v) is 14.8. The molecule has 210 valence electrons. The summed E-state index contributed by atoms with van der Waals surface area (Å²) in [5.41, 5.74) is 4.67. The lowest BCUT2D eigenvalue weighted by Crippen LogP contribution is -2.50. The van der Waals surface area contributed by atoms with Crippen LogP contribution in [0, 0.1) is 6.92 Å². The standard InChI is InChI=1S/C30H36ClN7O2/c1-17-6-9-24-22(15-33-36-24)25(17)26-23(31)13-21-27(28(26)40-20-7-8-20)34-30(39-16-19-5-4-11-37(19)3)35-29(21)38-12-10-32-14-18(38)2/h6,9,13,15,18-20,32H,4-5,7-8,10-12,14,16H2,1-3H3,(H,33,36)/t18-,19+/m1/s1. The summed E-state index contributed by atoms with van der Waals surface area (Å²) in [7, 11) is 2.16. The summed E-state index contributed by atoms with van der Waals surface area (Å²) in [6.45, 7) is 8.58. The van der Waals surface area contributed by atoms with Crippen molar-refractivity contribution >= 4 is 39.2 Å². The summed E-state index contributed by atoms with van der Waals surface area (Å²) in [5.74, 6) is 1.55. The van der Waals surface area contributed by atoms with Gasteiger partial charge in [0.15, 0.2) is 5.75 Å². The number of hydrogen-bond donors (Lipinski definition) is 2. The number of benzene rings is 2. The highest BCUT2D eigenvalue weighted by Crippen LogP contribution is 2.48. The van der Waals surface area contributed by atoms with E-state index < -0.39 is 0 Å². The molecular weight excluding hydrogens is 526 g/mol. The molecule has 9 nitrogen and oxygen atoms in total. The van der Waals surface area contributed by atoms with Crippen molar-refractivity contribution < 1.29 is 9.47 Å². The molecule has 40 heavy (non-hydrogen) atoms. The monoisotopic (exact) mass is 561 g/mol. The summed E-state index contributed by atoms with van der Waals surface area (Å²) in [6, 6.07) is 7.18. The molecule has 0 amide bonds. The van der Waals surface area contributed by atoms with Gasteiger partial charge in [-0.05, 0) is 70.8 Å². The van der Waals surface area contributed by atoms with Gasteiger partial charge in [0.25, 0.3) is 0 Å². The average molecular weight is 562 g/mol. The van der Waals surface area contributed by atoms with Crippen LogP contribution in [-0.4, -0.2) is 83.1 Å². The van der Waals surface area contributed by atoms with Gasteiger partial charge in [0.1, 0.15) is 17.9 Å². The quantitative estimate of drug-likeness (QED) is 0.328. The maximum atomic E-state index is 7.20. The summed E-state index contributed by atoms with van der Waals surface area (Å²) >= 11 is 7.20. The first-order chi connectivity index (χ1) is 19.5. The number of piperazine rings is 1. The van der Waals surface area contributed by atoms with Crippen LogP contribution >= 0.6 is 11.6 Å². The minimum Gasteiger partial charge on any atom is -0.487 e. The third kappa shape index (κ3) is 4.63. The molecule has 2 aliphatic heterocycles. The predicted octanol–water partition coefficient (Wildman–Crippen LogP) is 4.95. The Bertz CT molecular complexity index is 1570. The second-order valence-electron chi connectivity index (χ2n) is 11.5. The Morgan fingerprint density at radius 1 is 1.10 bits per heavy atom. The molecule has 2 aromatic heterocycles. The van der Waals surface area contributed by atoms with Gasteiger partial charge in [0, 0.05) is 53.6 Å². The summed E-state index contributed by atoms with van der Waals surface area (Å²) < 4.78 is 13.1. The van der Waals surface area contributed by atoms with E-state index in [1.54, 1.807) is 0 Å². The molecule has 4 heterocycles. The number of likely N-dealkylation sites (tertiary alicyclic amines) is 1. The molecular formula is C30H36ClN7O2. The predicted molar refractivity (Wildman–Crippen MR) is 159 cm³/mol. The molecule has 3 aliphatic rings. The number of ether oxygens (including phenoxy) is 2. The second kappa shape index (κ2) is 10.4. The van der Waals surface area contributed by atoms with Gasteiger partial charge >= 0.3 is 6.01 Å². The lowest BCUT2D eigenvalue weighted by atomic mass is 9.94. The van der Waals surface area contributed by atoms with Crippen molar-refractivity contribution in [3.05, 3.63) is 35.0 Å². The Hall–Kier alpha value is -3.14. The van der Waals surface area contributed by atoms with Crippen molar-refractivity contribution in [2.75, 3.05) is 44.7 Å². The molecule has 2 aromatic carbocycles. The van der Waals surface area contributed by atoms with Gasteiger partial charge in [-0.25, -0.2) is 0 Å². The van der Waals surface area contributed by atoms with Gasteiger partial charge in [0.05, 0.1) is 22.8 Å². The number of hydrogen-bond acceptors (Lipinski definition) is 8. The van der Waals surface area contributed by atoms with E-state index in [1.165, 1.54) is 6.42 Å². The highest BCUT2D eigenvalue weighted by atomic mass is 35.5. The Labute approximate surface area is 239 Å². The van der Waals surface area contributed by atoms with Crippen molar-refractivity contribution in [1.29, 1.82) is 0 Å². The van der Waals surface area contributed by atoms with Gasteiger partial charge < -0.3 is 24.6 Å². The van der Waals surface area contributed by atoms with Crippen LogP contribution in [0.25, 0.3) is 32.9 Å². The van der Waals surface area contributed by atoms with E-state index in [9.17, 15) is 0 Å². The Morgan fingerprint density at radius 3 is 2.75 bits per heavy atom. The summed E-state index contributed by atoms with van der Waals surface area (Å²) in [6.07, 6.45) is 6.36. The Balaban J connectivity index is 1.45. The molecule has 1 aliphatic carbocycles. The lowest BCUT2D eigenvalue weighted by molar-refractivity contribution is 0.188. The fraction of sp³-hybridized carbons (Fsp3) is 0.500. The van der Waals surface area contributed by atoms with Gasteiger partial charge in [0.2, 0.25) is 0 Å². The molecule has 7 rings (SSSR count). The van der Waals surface area contributed by atoms with E-state index in [-0.39, 0.29) is 12.1 Å². The molecule has 0 spiro atoms. The molecule has 3 fully saturated rings. The topological polar surface area (TPSA) is 91.4 Å². The highest BCUT2D eigenvalue weighted by Gasteiger charge is 2.32. The normalized spacial score (nSPS) is 21.9. The first kappa shape index (κ1) is 25.8. The number of aryl methyl sites for hydroxylation is 1. The maximum Gasteiger partial charge on any atom is 0.319 e. The van der Waals surface area contributed by atoms with Crippen molar-refractivity contribution in [1.82, 2.24) is 30.4 Å². The number of fused-ring (bicyclic) bond motifs is 2. The van der Waals surface area contributed by atoms with E-state index in [1.807, 2.05) is 12.3 Å². The smallest absolute Gasteiger partial charge is 0.319 e. The van der Waals surface area contributed by atoms with Crippen LogP contribution in [0.2, 0.25) is 5.02 Å². The number of likely N-dealkylation sites (N-methyl/N-ethyl adjacent to an activating group) is 1. The van der Waals surface area contributed by atoms with Crippen molar-refractivity contribution in [3.8, 4) is 22.9 Å². The number of aromatic amines is 1. The molecule has 0 unspecified atom stereocenters. The zero-order valence-electron chi connectivity index (χ0n) is 23.3. The first-order valence-electron chi connectivity index (χ1n) is 14.4. The van der Waals surface area contributed by atoms with Crippen molar-refractivity contribution in [2.45, 2.75) is 57.7 Å². The number of H-pyrrole nitrogens is 1. The van der Waals surface area contributed by atoms with Gasteiger partial charge in [-0.15, -0.1) is 0 Å². The van der Waals surface area contributed by atoms with Crippen LogP contribution < -0.4 is 19.7 Å². The third-order valence-electron chi connectivity index (χ3n) is 8.60. The van der Waals surface area contributed by atoms with Crippen LogP contribution in [0.15, 0.2) is 24.4 Å². The van der Waals surface area contributed by atoms with E-state index in [2.05, 4.69) is 58.3 Å². The fourth-order valence-corrected chi connectivity index (χ4v) is 6.42. The SMILES string of the molecule is Cc1ccc2[nH]ncc2c1-c1c(Cl)cc2c(N3CCNC[C@H]3C)nc(OC[C@@H]3CCCN3C)nc2c1OC1CC1.